The van der Waals surface area contributed by atoms with Crippen molar-refractivity contribution in [2.24, 2.45) is 5.73 Å². The molecule has 4 N–H and O–H groups in total. The lowest BCUT2D eigenvalue weighted by atomic mass is 10.0. The van der Waals surface area contributed by atoms with E-state index in [9.17, 15) is 19.2 Å². The maximum Gasteiger partial charge on any atom is 0.351 e. The van der Waals surface area contributed by atoms with Crippen LogP contribution in [0.2, 0.25) is 0 Å². The molecule has 2 aliphatic rings. The van der Waals surface area contributed by atoms with E-state index >= 15 is 0 Å². The number of hydrogen-bond acceptors (Lipinski definition) is 12. The molecule has 1 aromatic carbocycles. The zero-order valence-electron chi connectivity index (χ0n) is 17.2. The number of carbonyl (C=O) groups is 3. The van der Waals surface area contributed by atoms with Crippen LogP contribution < -0.4 is 16.9 Å². The van der Waals surface area contributed by atoms with E-state index in [0.717, 1.165) is 4.57 Å². The van der Waals surface area contributed by atoms with Crippen molar-refractivity contribution in [3.8, 4) is 0 Å². The lowest BCUT2D eigenvalue weighted by molar-refractivity contribution is -0.151. The summed E-state index contributed by atoms with van der Waals surface area (Å²) in [5.41, 5.74) is 6.38. The normalized spacial score (nSPS) is 24.9. The number of nitrogens with zero attached hydrogens (tertiary/aromatic N) is 2. The van der Waals surface area contributed by atoms with Crippen LogP contribution in [0, 0.1) is 0 Å². The number of ether oxygens (including phenoxy) is 4. The summed E-state index contributed by atoms with van der Waals surface area (Å²) < 4.78 is 23.2. The summed E-state index contributed by atoms with van der Waals surface area (Å²) in [5.74, 6) is -2.48. The van der Waals surface area contributed by atoms with E-state index in [-0.39, 0.29) is 23.6 Å². The standard InChI is InChI=1S/C20H20N4O9/c1-9(21)17(25)30-8-12-14-15(16(31-12)24-7-6-13(23-29)22-20(24)28)33-19(27)11-5-3-2-4-10(11)18(26)32-14/h2-7,9,12,14-16,29H,8,21H2,1H3,(H,22,23,28)/t9-,12+,14+,15+,16+/m0/s1. The first-order valence-corrected chi connectivity index (χ1v) is 9.88. The molecule has 0 bridgehead atoms. The van der Waals surface area contributed by atoms with E-state index < -0.39 is 54.2 Å². The van der Waals surface area contributed by atoms with Crippen LogP contribution in [0.5, 0.6) is 0 Å². The first-order chi connectivity index (χ1) is 15.8. The minimum absolute atomic E-state index is 0.00654. The number of benzene rings is 1. The van der Waals surface area contributed by atoms with E-state index in [1.807, 2.05) is 0 Å². The van der Waals surface area contributed by atoms with Crippen LogP contribution >= 0.6 is 0 Å². The molecule has 0 amide bonds. The van der Waals surface area contributed by atoms with Gasteiger partial charge in [0.15, 0.2) is 24.3 Å². The molecular formula is C20H20N4O9. The highest BCUT2D eigenvalue weighted by atomic mass is 16.7. The van der Waals surface area contributed by atoms with E-state index in [0.29, 0.717) is 0 Å². The fraction of sp³-hybridized carbons (Fsp3) is 0.350. The topological polar surface area (TPSA) is 181 Å². The number of esters is 3. The Morgan fingerprint density at radius 1 is 1.18 bits per heavy atom. The van der Waals surface area contributed by atoms with E-state index in [1.165, 1.54) is 31.3 Å². The minimum Gasteiger partial charge on any atom is -0.462 e. The van der Waals surface area contributed by atoms with Gasteiger partial charge in [0, 0.05) is 6.20 Å². The zero-order chi connectivity index (χ0) is 23.7. The molecule has 0 unspecified atom stereocenters. The van der Waals surface area contributed by atoms with Gasteiger partial charge in [0.25, 0.3) is 0 Å². The minimum atomic E-state index is -1.28. The van der Waals surface area contributed by atoms with Crippen molar-refractivity contribution in [2.75, 3.05) is 12.1 Å². The van der Waals surface area contributed by atoms with Gasteiger partial charge in [-0.2, -0.15) is 4.98 Å². The van der Waals surface area contributed by atoms with E-state index in [2.05, 4.69) is 4.98 Å². The predicted molar refractivity (Wildman–Crippen MR) is 107 cm³/mol. The molecule has 13 heteroatoms. The number of aromatic nitrogens is 2. The monoisotopic (exact) mass is 460 g/mol. The molecule has 4 rings (SSSR count). The average molecular weight is 460 g/mol. The SMILES string of the molecule is C[C@H](N)C(=O)OC[C@H]1O[C@@H](n2ccc(NO)nc2=O)[C@@H]2OC(=O)c3ccccc3C(=O)O[C@@H]21. The van der Waals surface area contributed by atoms with Gasteiger partial charge >= 0.3 is 23.6 Å². The Hall–Kier alpha value is -3.81. The summed E-state index contributed by atoms with van der Waals surface area (Å²) in [6, 6.07) is 6.29. The van der Waals surface area contributed by atoms with E-state index in [4.69, 9.17) is 29.9 Å². The van der Waals surface area contributed by atoms with Gasteiger partial charge in [-0.1, -0.05) is 12.1 Å². The Balaban J connectivity index is 1.72. The molecule has 0 aliphatic carbocycles. The maximum absolute atomic E-state index is 12.8. The highest BCUT2D eigenvalue weighted by molar-refractivity contribution is 6.03. The zero-order valence-corrected chi connectivity index (χ0v) is 17.2. The van der Waals surface area contributed by atoms with Gasteiger partial charge in [-0.15, -0.1) is 0 Å². The molecule has 0 radical (unpaired) electrons. The van der Waals surface area contributed by atoms with Crippen LogP contribution in [0.15, 0.2) is 41.3 Å². The Morgan fingerprint density at radius 2 is 1.82 bits per heavy atom. The third-order valence-electron chi connectivity index (χ3n) is 5.12. The van der Waals surface area contributed by atoms with Gasteiger partial charge in [0.1, 0.15) is 18.8 Å². The average Bonchev–Trinajstić information content (AvgIpc) is 3.12. The third-order valence-corrected chi connectivity index (χ3v) is 5.12. The summed E-state index contributed by atoms with van der Waals surface area (Å²) in [5, 5.41) is 8.96. The molecule has 5 atom stereocenters. The lowest BCUT2D eigenvalue weighted by Crippen LogP contribution is -2.44. The fourth-order valence-corrected chi connectivity index (χ4v) is 3.51. The maximum atomic E-state index is 12.8. The van der Waals surface area contributed by atoms with Crippen LogP contribution in [0.1, 0.15) is 33.9 Å². The second-order valence-corrected chi connectivity index (χ2v) is 7.38. The highest BCUT2D eigenvalue weighted by Gasteiger charge is 2.52. The van der Waals surface area contributed by atoms with Crippen molar-refractivity contribution < 1.29 is 38.5 Å². The third kappa shape index (κ3) is 4.28. The van der Waals surface area contributed by atoms with Gasteiger partial charge in [-0.3, -0.25) is 20.0 Å². The number of carbonyl (C=O) groups excluding carboxylic acids is 3. The molecule has 0 spiro atoms. The first-order valence-electron chi connectivity index (χ1n) is 9.88. The van der Waals surface area contributed by atoms with Crippen LogP contribution in [-0.4, -0.2) is 63.6 Å². The summed E-state index contributed by atoms with van der Waals surface area (Å²) >= 11 is 0. The highest BCUT2D eigenvalue weighted by Crippen LogP contribution is 2.36. The molecular weight excluding hydrogens is 440 g/mol. The van der Waals surface area contributed by atoms with Crippen molar-refractivity contribution in [1.29, 1.82) is 0 Å². The molecule has 1 fully saturated rings. The summed E-state index contributed by atoms with van der Waals surface area (Å²) in [6.07, 6.45) is -3.62. The Labute approximate surface area is 186 Å². The Morgan fingerprint density at radius 3 is 2.39 bits per heavy atom. The van der Waals surface area contributed by atoms with Gasteiger partial charge < -0.3 is 24.7 Å². The van der Waals surface area contributed by atoms with Crippen molar-refractivity contribution in [2.45, 2.75) is 37.5 Å². The van der Waals surface area contributed by atoms with Crippen molar-refractivity contribution in [1.82, 2.24) is 9.55 Å². The van der Waals surface area contributed by atoms with E-state index in [1.54, 1.807) is 17.6 Å². The molecule has 1 saturated heterocycles. The van der Waals surface area contributed by atoms with Crippen LogP contribution in [0.4, 0.5) is 5.82 Å². The summed E-state index contributed by atoms with van der Waals surface area (Å²) in [4.78, 5) is 53.6. The fourth-order valence-electron chi connectivity index (χ4n) is 3.51. The van der Waals surface area contributed by atoms with Gasteiger partial charge in [0.2, 0.25) is 0 Å². The van der Waals surface area contributed by atoms with Crippen molar-refractivity contribution in [3.63, 3.8) is 0 Å². The summed E-state index contributed by atoms with van der Waals surface area (Å²) in [7, 11) is 0. The molecule has 3 heterocycles. The molecule has 1 aromatic heterocycles. The molecule has 33 heavy (non-hydrogen) atoms. The van der Waals surface area contributed by atoms with Crippen molar-refractivity contribution in [3.05, 3.63) is 58.1 Å². The number of anilines is 1. The quantitative estimate of drug-likeness (QED) is 0.299. The number of rotatable bonds is 5. The van der Waals surface area contributed by atoms with Crippen LogP contribution in [-0.2, 0) is 23.7 Å². The van der Waals surface area contributed by atoms with Crippen LogP contribution in [0.3, 0.4) is 0 Å². The Kier molecular flexibility index (Phi) is 6.09. The second kappa shape index (κ2) is 8.97. The number of fused-ring (bicyclic) bond motifs is 2. The van der Waals surface area contributed by atoms with Gasteiger partial charge in [0.05, 0.1) is 11.1 Å². The molecule has 2 aliphatic heterocycles. The molecule has 2 aromatic rings. The molecule has 174 valence electrons. The number of nitrogens with two attached hydrogens (primary N) is 1. The number of nitrogens with one attached hydrogen (secondary N) is 1. The first kappa shape index (κ1) is 22.4. The number of hydrogen-bond donors (Lipinski definition) is 3. The second-order valence-electron chi connectivity index (χ2n) is 7.38. The van der Waals surface area contributed by atoms with Gasteiger partial charge in [-0.05, 0) is 25.1 Å². The molecule has 0 saturated carbocycles. The van der Waals surface area contributed by atoms with Gasteiger partial charge in [-0.25, -0.2) is 14.4 Å². The smallest absolute Gasteiger partial charge is 0.351 e. The summed E-state index contributed by atoms with van der Waals surface area (Å²) in [6.45, 7) is 1.04. The largest absolute Gasteiger partial charge is 0.462 e. The molecule has 13 nitrogen and oxygen atoms in total. The Bertz CT molecular complexity index is 1150. The lowest BCUT2D eigenvalue weighted by Gasteiger charge is -2.27. The van der Waals surface area contributed by atoms with Crippen LogP contribution in [0.25, 0.3) is 0 Å². The predicted octanol–water partition coefficient (Wildman–Crippen LogP) is -0.403. The van der Waals surface area contributed by atoms with Crippen molar-refractivity contribution >= 4 is 23.7 Å².